The van der Waals surface area contributed by atoms with Gasteiger partial charge in [0.15, 0.2) is 0 Å². The number of thioether (sulfide) groups is 1. The fourth-order valence-electron chi connectivity index (χ4n) is 3.87. The minimum Gasteiger partial charge on any atom is -0.356 e. The molecule has 0 bridgehead atoms. The SMILES string of the molecule is O=C(NCCCSCc1ccc(Cl)cc1)C1CCN(Cc2nc(-c3ccccc3)no2)CC1. The third kappa shape index (κ3) is 7.32. The zero-order valence-corrected chi connectivity index (χ0v) is 20.2. The van der Waals surface area contributed by atoms with Crippen molar-refractivity contribution in [3.8, 4) is 11.4 Å². The van der Waals surface area contributed by atoms with Crippen molar-refractivity contribution in [1.29, 1.82) is 0 Å². The summed E-state index contributed by atoms with van der Waals surface area (Å²) in [6.45, 7) is 3.08. The predicted molar refractivity (Wildman–Crippen MR) is 133 cm³/mol. The Labute approximate surface area is 204 Å². The molecule has 0 radical (unpaired) electrons. The number of nitrogens with zero attached hydrogens (tertiary/aromatic N) is 3. The molecule has 1 saturated heterocycles. The van der Waals surface area contributed by atoms with Gasteiger partial charge in [0.25, 0.3) is 0 Å². The topological polar surface area (TPSA) is 71.3 Å². The summed E-state index contributed by atoms with van der Waals surface area (Å²) >= 11 is 7.79. The molecule has 174 valence electrons. The molecule has 1 aliphatic heterocycles. The Kier molecular flexibility index (Phi) is 8.80. The zero-order chi connectivity index (χ0) is 22.9. The molecule has 0 saturated carbocycles. The molecule has 0 aliphatic carbocycles. The minimum absolute atomic E-state index is 0.0885. The fraction of sp³-hybridized carbons (Fsp3) is 0.400. The second kappa shape index (κ2) is 12.2. The molecule has 0 spiro atoms. The van der Waals surface area contributed by atoms with E-state index in [0.717, 1.165) is 61.0 Å². The lowest BCUT2D eigenvalue weighted by Crippen LogP contribution is -2.40. The Morgan fingerprint density at radius 2 is 1.88 bits per heavy atom. The summed E-state index contributed by atoms with van der Waals surface area (Å²) < 4.78 is 5.42. The number of rotatable bonds is 10. The van der Waals surface area contributed by atoms with E-state index in [2.05, 4.69) is 32.5 Å². The van der Waals surface area contributed by atoms with E-state index in [4.69, 9.17) is 16.1 Å². The lowest BCUT2D eigenvalue weighted by Gasteiger charge is -2.30. The molecule has 1 fully saturated rings. The number of benzene rings is 2. The van der Waals surface area contributed by atoms with Crippen LogP contribution in [0, 0.1) is 5.92 Å². The average molecular weight is 485 g/mol. The Bertz CT molecular complexity index is 1000. The summed E-state index contributed by atoms with van der Waals surface area (Å²) in [5, 5.41) is 7.97. The van der Waals surface area contributed by atoms with E-state index in [1.54, 1.807) is 0 Å². The molecule has 8 heteroatoms. The van der Waals surface area contributed by atoms with E-state index in [-0.39, 0.29) is 11.8 Å². The van der Waals surface area contributed by atoms with Gasteiger partial charge in [-0.1, -0.05) is 59.2 Å². The maximum atomic E-state index is 12.5. The maximum absolute atomic E-state index is 12.5. The molecule has 4 rings (SSSR count). The molecule has 3 aromatic rings. The largest absolute Gasteiger partial charge is 0.356 e. The van der Waals surface area contributed by atoms with Crippen molar-refractivity contribution >= 4 is 29.3 Å². The molecule has 2 heterocycles. The number of aromatic nitrogens is 2. The number of hydrogen-bond donors (Lipinski definition) is 1. The third-order valence-electron chi connectivity index (χ3n) is 5.76. The molecule has 6 nitrogen and oxygen atoms in total. The lowest BCUT2D eigenvalue weighted by molar-refractivity contribution is -0.126. The zero-order valence-electron chi connectivity index (χ0n) is 18.6. The van der Waals surface area contributed by atoms with Gasteiger partial charge < -0.3 is 9.84 Å². The first-order valence-electron chi connectivity index (χ1n) is 11.4. The van der Waals surface area contributed by atoms with Crippen LogP contribution in [0.3, 0.4) is 0 Å². The highest BCUT2D eigenvalue weighted by Crippen LogP contribution is 2.21. The minimum atomic E-state index is 0.0885. The van der Waals surface area contributed by atoms with Crippen LogP contribution in [-0.4, -0.2) is 46.3 Å². The van der Waals surface area contributed by atoms with Crippen LogP contribution in [0.25, 0.3) is 11.4 Å². The van der Waals surface area contributed by atoms with Gasteiger partial charge >= 0.3 is 0 Å². The third-order valence-corrected chi connectivity index (χ3v) is 7.13. The Balaban J connectivity index is 1.10. The molecule has 2 aromatic carbocycles. The molecular formula is C25H29ClN4O2S. The van der Waals surface area contributed by atoms with Crippen LogP contribution in [0.2, 0.25) is 5.02 Å². The standard InChI is InChI=1S/C25H29ClN4O2S/c26-22-9-7-19(8-10-22)18-33-16-4-13-27-25(31)21-11-14-30(15-12-21)17-23-28-24(29-32-23)20-5-2-1-3-6-20/h1-3,5-10,21H,4,11-18H2,(H,27,31). The van der Waals surface area contributed by atoms with Gasteiger partial charge in [0.1, 0.15) is 0 Å². The summed E-state index contributed by atoms with van der Waals surface area (Å²) in [4.78, 5) is 19.3. The number of carbonyl (C=O) groups is 1. The Morgan fingerprint density at radius 1 is 1.12 bits per heavy atom. The highest BCUT2D eigenvalue weighted by atomic mass is 35.5. The van der Waals surface area contributed by atoms with E-state index in [9.17, 15) is 4.79 Å². The molecule has 33 heavy (non-hydrogen) atoms. The van der Waals surface area contributed by atoms with E-state index in [1.807, 2.05) is 54.2 Å². The summed E-state index contributed by atoms with van der Waals surface area (Å²) in [7, 11) is 0. The van der Waals surface area contributed by atoms with Crippen molar-refractivity contribution in [2.45, 2.75) is 31.6 Å². The van der Waals surface area contributed by atoms with Crippen molar-refractivity contribution in [3.63, 3.8) is 0 Å². The molecule has 1 aromatic heterocycles. The van der Waals surface area contributed by atoms with Gasteiger partial charge in [-0.05, 0) is 55.8 Å². The van der Waals surface area contributed by atoms with Gasteiger partial charge in [-0.15, -0.1) is 0 Å². The van der Waals surface area contributed by atoms with Crippen molar-refractivity contribution in [1.82, 2.24) is 20.4 Å². The Hall–Kier alpha value is -2.35. The fourth-order valence-corrected chi connectivity index (χ4v) is 4.92. The quantitative estimate of drug-likeness (QED) is 0.406. The van der Waals surface area contributed by atoms with Gasteiger partial charge in [-0.25, -0.2) is 0 Å². The first-order valence-corrected chi connectivity index (χ1v) is 12.9. The van der Waals surface area contributed by atoms with Crippen molar-refractivity contribution in [2.24, 2.45) is 5.92 Å². The van der Waals surface area contributed by atoms with Crippen LogP contribution in [0.4, 0.5) is 0 Å². The van der Waals surface area contributed by atoms with Gasteiger partial charge in [0.2, 0.25) is 17.6 Å². The first-order chi connectivity index (χ1) is 16.2. The highest BCUT2D eigenvalue weighted by molar-refractivity contribution is 7.98. The maximum Gasteiger partial charge on any atom is 0.241 e. The van der Waals surface area contributed by atoms with Gasteiger partial charge in [-0.3, -0.25) is 9.69 Å². The molecule has 1 N–H and O–H groups in total. The highest BCUT2D eigenvalue weighted by Gasteiger charge is 2.25. The van der Waals surface area contributed by atoms with Crippen LogP contribution in [-0.2, 0) is 17.1 Å². The number of likely N-dealkylation sites (tertiary alicyclic amines) is 1. The van der Waals surface area contributed by atoms with E-state index >= 15 is 0 Å². The van der Waals surface area contributed by atoms with E-state index in [1.165, 1.54) is 5.56 Å². The van der Waals surface area contributed by atoms with Crippen LogP contribution in [0.5, 0.6) is 0 Å². The summed E-state index contributed by atoms with van der Waals surface area (Å²) in [5.74, 6) is 3.50. The van der Waals surface area contributed by atoms with Crippen molar-refractivity contribution < 1.29 is 9.32 Å². The molecule has 0 unspecified atom stereocenters. The van der Waals surface area contributed by atoms with Gasteiger partial charge in [0, 0.05) is 28.8 Å². The number of halogens is 1. The van der Waals surface area contributed by atoms with Gasteiger partial charge in [-0.2, -0.15) is 16.7 Å². The normalized spacial score (nSPS) is 14.9. The van der Waals surface area contributed by atoms with Crippen molar-refractivity contribution in [3.05, 3.63) is 71.1 Å². The lowest BCUT2D eigenvalue weighted by atomic mass is 9.96. The second-order valence-electron chi connectivity index (χ2n) is 8.25. The summed E-state index contributed by atoms with van der Waals surface area (Å²) in [6.07, 6.45) is 2.69. The van der Waals surface area contributed by atoms with E-state index < -0.39 is 0 Å². The number of piperidine rings is 1. The van der Waals surface area contributed by atoms with Crippen LogP contribution in [0.15, 0.2) is 59.1 Å². The number of carbonyl (C=O) groups excluding carboxylic acids is 1. The first kappa shape index (κ1) is 23.8. The van der Waals surface area contributed by atoms with Gasteiger partial charge in [0.05, 0.1) is 6.54 Å². The van der Waals surface area contributed by atoms with Crippen molar-refractivity contribution in [2.75, 3.05) is 25.4 Å². The number of nitrogens with one attached hydrogen (secondary N) is 1. The van der Waals surface area contributed by atoms with Crippen LogP contribution >= 0.6 is 23.4 Å². The smallest absolute Gasteiger partial charge is 0.241 e. The number of hydrogen-bond acceptors (Lipinski definition) is 6. The molecular weight excluding hydrogens is 456 g/mol. The average Bonchev–Trinajstić information content (AvgIpc) is 3.32. The molecule has 1 amide bonds. The number of amides is 1. The van der Waals surface area contributed by atoms with Crippen LogP contribution in [0.1, 0.15) is 30.7 Å². The summed E-state index contributed by atoms with van der Waals surface area (Å²) in [6, 6.07) is 17.8. The molecule has 1 aliphatic rings. The summed E-state index contributed by atoms with van der Waals surface area (Å²) in [5.41, 5.74) is 2.23. The molecule has 0 atom stereocenters. The second-order valence-corrected chi connectivity index (χ2v) is 9.79. The Morgan fingerprint density at radius 3 is 2.64 bits per heavy atom. The van der Waals surface area contributed by atoms with E-state index in [0.29, 0.717) is 18.3 Å². The predicted octanol–water partition coefficient (Wildman–Crippen LogP) is 5.04. The van der Waals surface area contributed by atoms with Crippen LogP contribution < -0.4 is 5.32 Å². The monoisotopic (exact) mass is 484 g/mol.